The molecule has 1 rings (SSSR count). The van der Waals surface area contributed by atoms with E-state index in [1.807, 2.05) is 25.1 Å². The van der Waals surface area contributed by atoms with Crippen molar-refractivity contribution in [1.82, 2.24) is 0 Å². The molecule has 16 heavy (non-hydrogen) atoms. The van der Waals surface area contributed by atoms with E-state index in [1.54, 1.807) is 14.2 Å². The molecule has 0 saturated carbocycles. The number of ether oxygens (including phenoxy) is 1. The van der Waals surface area contributed by atoms with Crippen molar-refractivity contribution in [1.29, 1.82) is 0 Å². The summed E-state index contributed by atoms with van der Waals surface area (Å²) in [6.45, 7) is 1.80. The molecule has 88 valence electrons. The maximum atomic E-state index is 11.5. The van der Waals surface area contributed by atoms with Gasteiger partial charge in [0.05, 0.1) is 20.1 Å². The van der Waals surface area contributed by atoms with Crippen LogP contribution in [-0.2, 0) is 4.79 Å². The minimum Gasteiger partial charge on any atom is -0.496 e. The quantitative estimate of drug-likeness (QED) is 0.838. The first-order valence-corrected chi connectivity index (χ1v) is 5.12. The van der Waals surface area contributed by atoms with Crippen molar-refractivity contribution in [2.75, 3.05) is 25.7 Å². The molecule has 0 spiro atoms. The molecule has 0 bridgehead atoms. The third-order valence-electron chi connectivity index (χ3n) is 2.47. The average molecular weight is 223 g/mol. The molecule has 0 fully saturated rings. The number of benzene rings is 1. The second-order valence-corrected chi connectivity index (χ2v) is 3.58. The van der Waals surface area contributed by atoms with Gasteiger partial charge in [-0.25, -0.2) is 0 Å². The summed E-state index contributed by atoms with van der Waals surface area (Å²) < 4.78 is 5.14. The Labute approximate surface area is 95.5 Å². The lowest BCUT2D eigenvalue weighted by atomic mass is 10.2. The molecule has 0 aliphatic carbocycles. The van der Waals surface area contributed by atoms with Gasteiger partial charge < -0.3 is 14.7 Å². The summed E-state index contributed by atoms with van der Waals surface area (Å²) in [6, 6.07) is 5.53. The predicted molar refractivity (Wildman–Crippen MR) is 62.8 cm³/mol. The van der Waals surface area contributed by atoms with E-state index in [4.69, 9.17) is 9.84 Å². The van der Waals surface area contributed by atoms with Crippen LogP contribution >= 0.6 is 0 Å². The maximum Gasteiger partial charge on any atom is 0.229 e. The van der Waals surface area contributed by atoms with Gasteiger partial charge in [-0.3, -0.25) is 4.79 Å². The normalized spacial score (nSPS) is 10.0. The third-order valence-corrected chi connectivity index (χ3v) is 2.47. The van der Waals surface area contributed by atoms with Crippen LogP contribution in [0.1, 0.15) is 12.0 Å². The number of methoxy groups -OCH3 is 1. The number of anilines is 1. The zero-order valence-corrected chi connectivity index (χ0v) is 9.86. The lowest BCUT2D eigenvalue weighted by Crippen LogP contribution is -2.26. The molecule has 0 unspecified atom stereocenters. The predicted octanol–water partition coefficient (Wildman–Crippen LogP) is 1.35. The van der Waals surface area contributed by atoms with Gasteiger partial charge in [0.1, 0.15) is 5.75 Å². The second kappa shape index (κ2) is 5.51. The zero-order chi connectivity index (χ0) is 12.1. The Morgan fingerprint density at radius 1 is 1.50 bits per heavy atom. The molecule has 0 aliphatic rings. The molecule has 1 aromatic carbocycles. The Morgan fingerprint density at radius 3 is 2.69 bits per heavy atom. The average Bonchev–Trinajstić information content (AvgIpc) is 2.28. The molecule has 0 atom stereocenters. The zero-order valence-electron chi connectivity index (χ0n) is 9.86. The van der Waals surface area contributed by atoms with Crippen molar-refractivity contribution < 1.29 is 14.6 Å². The number of hydrogen-bond donors (Lipinski definition) is 1. The molecule has 0 radical (unpaired) electrons. The molecule has 0 aliphatic heterocycles. The summed E-state index contributed by atoms with van der Waals surface area (Å²) in [5.74, 6) is 0.693. The summed E-state index contributed by atoms with van der Waals surface area (Å²) in [5, 5.41) is 8.70. The fourth-order valence-corrected chi connectivity index (χ4v) is 1.48. The summed E-state index contributed by atoms with van der Waals surface area (Å²) >= 11 is 0. The number of aliphatic hydroxyl groups excluding tert-OH is 1. The van der Waals surface area contributed by atoms with Gasteiger partial charge >= 0.3 is 0 Å². The fraction of sp³-hybridized carbons (Fsp3) is 0.417. The molecular weight excluding hydrogens is 206 g/mol. The smallest absolute Gasteiger partial charge is 0.229 e. The maximum absolute atomic E-state index is 11.5. The number of aliphatic hydroxyl groups is 1. The van der Waals surface area contributed by atoms with Crippen LogP contribution in [0.2, 0.25) is 0 Å². The highest BCUT2D eigenvalue weighted by molar-refractivity contribution is 5.93. The number of carbonyl (C=O) groups excluding carboxylic acids is 1. The van der Waals surface area contributed by atoms with Crippen LogP contribution in [0.3, 0.4) is 0 Å². The summed E-state index contributed by atoms with van der Waals surface area (Å²) in [5.41, 5.74) is 1.78. The van der Waals surface area contributed by atoms with E-state index in [-0.39, 0.29) is 18.9 Å². The number of nitrogens with zero attached hydrogens (tertiary/aromatic N) is 1. The van der Waals surface area contributed by atoms with Crippen LogP contribution in [0.15, 0.2) is 18.2 Å². The molecule has 0 heterocycles. The highest BCUT2D eigenvalue weighted by Gasteiger charge is 2.11. The first-order valence-electron chi connectivity index (χ1n) is 5.12. The minimum absolute atomic E-state index is 0.105. The van der Waals surface area contributed by atoms with E-state index in [2.05, 4.69) is 0 Å². The molecule has 1 amide bonds. The second-order valence-electron chi connectivity index (χ2n) is 3.58. The monoisotopic (exact) mass is 223 g/mol. The van der Waals surface area contributed by atoms with Crippen molar-refractivity contribution in [2.24, 2.45) is 0 Å². The SMILES string of the molecule is COc1ccc(N(C)C(=O)CCO)cc1C. The summed E-state index contributed by atoms with van der Waals surface area (Å²) in [4.78, 5) is 13.1. The lowest BCUT2D eigenvalue weighted by molar-refractivity contribution is -0.118. The molecule has 4 nitrogen and oxygen atoms in total. The van der Waals surface area contributed by atoms with Crippen LogP contribution in [0, 0.1) is 6.92 Å². The van der Waals surface area contributed by atoms with Crippen molar-refractivity contribution in [3.05, 3.63) is 23.8 Å². The van der Waals surface area contributed by atoms with Gasteiger partial charge in [-0.2, -0.15) is 0 Å². The molecule has 0 saturated heterocycles. The van der Waals surface area contributed by atoms with Gasteiger partial charge in [0, 0.05) is 12.7 Å². The Kier molecular flexibility index (Phi) is 4.31. The van der Waals surface area contributed by atoms with Gasteiger partial charge in [0.25, 0.3) is 0 Å². The van der Waals surface area contributed by atoms with Crippen molar-refractivity contribution in [3.63, 3.8) is 0 Å². The largest absolute Gasteiger partial charge is 0.496 e. The summed E-state index contributed by atoms with van der Waals surface area (Å²) in [7, 11) is 3.31. The Bertz CT molecular complexity index is 377. The van der Waals surface area contributed by atoms with Crippen molar-refractivity contribution in [2.45, 2.75) is 13.3 Å². The minimum atomic E-state index is -0.127. The van der Waals surface area contributed by atoms with Crippen molar-refractivity contribution in [3.8, 4) is 5.75 Å². The van der Waals surface area contributed by atoms with E-state index in [9.17, 15) is 4.79 Å². The lowest BCUT2D eigenvalue weighted by Gasteiger charge is -2.18. The van der Waals surface area contributed by atoms with E-state index in [0.29, 0.717) is 0 Å². The van der Waals surface area contributed by atoms with Gasteiger partial charge in [-0.1, -0.05) is 0 Å². The van der Waals surface area contributed by atoms with Gasteiger partial charge in [0.15, 0.2) is 0 Å². The number of carbonyl (C=O) groups is 1. The van der Waals surface area contributed by atoms with Gasteiger partial charge in [-0.05, 0) is 30.7 Å². The first kappa shape index (κ1) is 12.5. The van der Waals surface area contributed by atoms with E-state index in [1.165, 1.54) is 4.90 Å². The Hall–Kier alpha value is -1.55. The number of amides is 1. The molecule has 1 aromatic rings. The number of aryl methyl sites for hydroxylation is 1. The van der Waals surface area contributed by atoms with Gasteiger partial charge in [0.2, 0.25) is 5.91 Å². The van der Waals surface area contributed by atoms with Crippen molar-refractivity contribution >= 4 is 11.6 Å². The van der Waals surface area contributed by atoms with Crippen LogP contribution < -0.4 is 9.64 Å². The standard InChI is InChI=1S/C12H17NO3/c1-9-8-10(4-5-11(9)16-3)13(2)12(15)6-7-14/h4-5,8,14H,6-7H2,1-3H3. The first-order chi connectivity index (χ1) is 7.60. The van der Waals surface area contributed by atoms with E-state index in [0.717, 1.165) is 17.0 Å². The van der Waals surface area contributed by atoms with E-state index >= 15 is 0 Å². The van der Waals surface area contributed by atoms with Crippen LogP contribution in [0.4, 0.5) is 5.69 Å². The topological polar surface area (TPSA) is 49.8 Å². The van der Waals surface area contributed by atoms with Crippen LogP contribution in [0.25, 0.3) is 0 Å². The fourth-order valence-electron chi connectivity index (χ4n) is 1.48. The highest BCUT2D eigenvalue weighted by atomic mass is 16.5. The van der Waals surface area contributed by atoms with Crippen LogP contribution in [-0.4, -0.2) is 31.8 Å². The Morgan fingerprint density at radius 2 is 2.19 bits per heavy atom. The molecule has 4 heteroatoms. The highest BCUT2D eigenvalue weighted by Crippen LogP contribution is 2.23. The number of rotatable bonds is 4. The Balaban J connectivity index is 2.88. The van der Waals surface area contributed by atoms with Crippen LogP contribution in [0.5, 0.6) is 5.75 Å². The molecule has 1 N–H and O–H groups in total. The molecule has 0 aromatic heterocycles. The van der Waals surface area contributed by atoms with E-state index < -0.39 is 0 Å². The summed E-state index contributed by atoms with van der Waals surface area (Å²) in [6.07, 6.45) is 0.140. The third kappa shape index (κ3) is 2.73. The van der Waals surface area contributed by atoms with Gasteiger partial charge in [-0.15, -0.1) is 0 Å². The molecular formula is C12H17NO3. The number of hydrogen-bond acceptors (Lipinski definition) is 3.